The molecule has 4 nitrogen and oxygen atoms in total. The third kappa shape index (κ3) is 2.93. The SMILES string of the molecule is Cc1ccc(-c2ccc([C@@H]3NC(=O)c4c(sc5c4CC[C@H](C)C5)N3)o2)cc1Cl. The maximum atomic E-state index is 12.8. The first-order valence-electron chi connectivity index (χ1n) is 9.58. The van der Waals surface area contributed by atoms with Gasteiger partial charge in [-0.2, -0.15) is 0 Å². The minimum Gasteiger partial charge on any atom is -0.457 e. The number of rotatable bonds is 2. The van der Waals surface area contributed by atoms with E-state index in [0.29, 0.717) is 16.7 Å². The number of furan rings is 1. The molecule has 144 valence electrons. The molecule has 5 rings (SSSR count). The lowest BCUT2D eigenvalue weighted by molar-refractivity contribution is 0.0930. The summed E-state index contributed by atoms with van der Waals surface area (Å²) in [7, 11) is 0. The molecule has 6 heteroatoms. The van der Waals surface area contributed by atoms with Crippen LogP contribution in [0.2, 0.25) is 5.02 Å². The molecule has 0 spiro atoms. The zero-order valence-corrected chi connectivity index (χ0v) is 17.3. The molecule has 0 bridgehead atoms. The van der Waals surface area contributed by atoms with Crippen LogP contribution in [0.4, 0.5) is 5.00 Å². The number of halogens is 1. The molecule has 2 aliphatic rings. The van der Waals surface area contributed by atoms with Crippen LogP contribution in [0.5, 0.6) is 0 Å². The molecule has 0 unspecified atom stereocenters. The van der Waals surface area contributed by atoms with Gasteiger partial charge in [0.1, 0.15) is 16.5 Å². The highest BCUT2D eigenvalue weighted by molar-refractivity contribution is 7.16. The van der Waals surface area contributed by atoms with Crippen LogP contribution in [0.1, 0.15) is 51.6 Å². The van der Waals surface area contributed by atoms with E-state index in [-0.39, 0.29) is 12.1 Å². The molecule has 0 fully saturated rings. The molecule has 1 aliphatic carbocycles. The van der Waals surface area contributed by atoms with Gasteiger partial charge in [0.2, 0.25) is 0 Å². The summed E-state index contributed by atoms with van der Waals surface area (Å²) in [5, 5.41) is 8.20. The van der Waals surface area contributed by atoms with Crippen molar-refractivity contribution in [2.45, 2.75) is 39.3 Å². The number of amides is 1. The van der Waals surface area contributed by atoms with Crippen molar-refractivity contribution in [3.63, 3.8) is 0 Å². The van der Waals surface area contributed by atoms with Gasteiger partial charge < -0.3 is 15.1 Å². The number of carbonyl (C=O) groups excluding carboxylic acids is 1. The predicted octanol–water partition coefficient (Wildman–Crippen LogP) is 5.95. The molecule has 1 aromatic carbocycles. The summed E-state index contributed by atoms with van der Waals surface area (Å²) in [5.74, 6) is 2.09. The Morgan fingerprint density at radius 1 is 1.21 bits per heavy atom. The van der Waals surface area contributed by atoms with Gasteiger partial charge in [0.25, 0.3) is 5.91 Å². The van der Waals surface area contributed by atoms with E-state index in [1.54, 1.807) is 11.3 Å². The van der Waals surface area contributed by atoms with E-state index in [0.717, 1.165) is 46.7 Å². The van der Waals surface area contributed by atoms with Gasteiger partial charge in [-0.25, -0.2) is 0 Å². The lowest BCUT2D eigenvalue weighted by atomic mass is 9.88. The highest BCUT2D eigenvalue weighted by Crippen LogP contribution is 2.43. The summed E-state index contributed by atoms with van der Waals surface area (Å²) in [6.45, 7) is 4.25. The Bertz CT molecular complexity index is 1080. The number of benzene rings is 1. The van der Waals surface area contributed by atoms with Crippen molar-refractivity contribution in [2.24, 2.45) is 5.92 Å². The van der Waals surface area contributed by atoms with Crippen molar-refractivity contribution in [2.75, 3.05) is 5.32 Å². The second-order valence-electron chi connectivity index (χ2n) is 7.77. The van der Waals surface area contributed by atoms with E-state index in [4.69, 9.17) is 16.0 Å². The van der Waals surface area contributed by atoms with Crippen LogP contribution < -0.4 is 10.6 Å². The fourth-order valence-corrected chi connectivity index (χ4v) is 5.63. The molecule has 3 heterocycles. The highest BCUT2D eigenvalue weighted by atomic mass is 35.5. The van der Waals surface area contributed by atoms with Gasteiger partial charge in [0.05, 0.1) is 5.56 Å². The summed E-state index contributed by atoms with van der Waals surface area (Å²) in [4.78, 5) is 14.2. The topological polar surface area (TPSA) is 54.3 Å². The average Bonchev–Trinajstić information content (AvgIpc) is 3.28. The average molecular weight is 413 g/mol. The molecule has 0 radical (unpaired) electrons. The maximum absolute atomic E-state index is 12.8. The molecule has 2 atom stereocenters. The van der Waals surface area contributed by atoms with Gasteiger partial charge in [0, 0.05) is 15.5 Å². The van der Waals surface area contributed by atoms with Gasteiger partial charge in [0.15, 0.2) is 6.17 Å². The molecular weight excluding hydrogens is 392 g/mol. The molecule has 2 aromatic heterocycles. The van der Waals surface area contributed by atoms with Gasteiger partial charge >= 0.3 is 0 Å². The lowest BCUT2D eigenvalue weighted by Gasteiger charge is -2.25. The van der Waals surface area contributed by atoms with E-state index in [9.17, 15) is 4.79 Å². The minimum absolute atomic E-state index is 0.0119. The summed E-state index contributed by atoms with van der Waals surface area (Å²) < 4.78 is 6.06. The van der Waals surface area contributed by atoms with E-state index in [1.165, 1.54) is 10.4 Å². The van der Waals surface area contributed by atoms with Gasteiger partial charge in [-0.3, -0.25) is 4.79 Å². The van der Waals surface area contributed by atoms with Crippen LogP contribution in [0.15, 0.2) is 34.7 Å². The van der Waals surface area contributed by atoms with Crippen LogP contribution >= 0.6 is 22.9 Å². The number of nitrogens with one attached hydrogen (secondary N) is 2. The van der Waals surface area contributed by atoms with Crippen molar-refractivity contribution in [1.82, 2.24) is 5.32 Å². The summed E-state index contributed by atoms with van der Waals surface area (Å²) >= 11 is 7.96. The quantitative estimate of drug-likeness (QED) is 0.546. The largest absolute Gasteiger partial charge is 0.457 e. The maximum Gasteiger partial charge on any atom is 0.256 e. The molecule has 0 saturated carbocycles. The number of thiophene rings is 1. The van der Waals surface area contributed by atoms with E-state index < -0.39 is 0 Å². The summed E-state index contributed by atoms with van der Waals surface area (Å²) in [5.41, 5.74) is 4.02. The molecule has 2 N–H and O–H groups in total. The zero-order chi connectivity index (χ0) is 19.4. The number of anilines is 1. The Hall–Kier alpha value is -2.24. The van der Waals surface area contributed by atoms with Gasteiger partial charge in [-0.05, 0) is 61.4 Å². The molecule has 1 amide bonds. The van der Waals surface area contributed by atoms with E-state index in [2.05, 4.69) is 17.6 Å². The highest BCUT2D eigenvalue weighted by Gasteiger charge is 2.34. The number of aryl methyl sites for hydroxylation is 1. The van der Waals surface area contributed by atoms with E-state index >= 15 is 0 Å². The minimum atomic E-state index is -0.368. The molecule has 1 aliphatic heterocycles. The first-order valence-corrected chi connectivity index (χ1v) is 10.8. The number of hydrogen-bond acceptors (Lipinski definition) is 4. The third-order valence-electron chi connectivity index (χ3n) is 5.66. The Morgan fingerprint density at radius 2 is 2.07 bits per heavy atom. The Kier molecular flexibility index (Phi) is 4.25. The Balaban J connectivity index is 1.44. The predicted molar refractivity (Wildman–Crippen MR) is 113 cm³/mol. The number of hydrogen-bond donors (Lipinski definition) is 2. The fourth-order valence-electron chi connectivity index (χ4n) is 4.01. The number of carbonyl (C=O) groups is 1. The molecule has 28 heavy (non-hydrogen) atoms. The first kappa shape index (κ1) is 17.8. The summed E-state index contributed by atoms with van der Waals surface area (Å²) in [6, 6.07) is 9.69. The normalized spacial score (nSPS) is 20.9. The van der Waals surface area contributed by atoms with Crippen molar-refractivity contribution < 1.29 is 9.21 Å². The first-order chi connectivity index (χ1) is 13.5. The Labute approximate surface area is 172 Å². The molecule has 0 saturated heterocycles. The van der Waals surface area contributed by atoms with Crippen molar-refractivity contribution in [3.8, 4) is 11.3 Å². The Morgan fingerprint density at radius 3 is 2.89 bits per heavy atom. The second kappa shape index (κ2) is 6.68. The van der Waals surface area contributed by atoms with Crippen LogP contribution in [-0.2, 0) is 12.8 Å². The smallest absolute Gasteiger partial charge is 0.256 e. The van der Waals surface area contributed by atoms with Crippen molar-refractivity contribution in [1.29, 1.82) is 0 Å². The lowest BCUT2D eigenvalue weighted by Crippen LogP contribution is -2.38. The van der Waals surface area contributed by atoms with Gasteiger partial charge in [-0.15, -0.1) is 11.3 Å². The van der Waals surface area contributed by atoms with Crippen molar-refractivity contribution >= 4 is 33.8 Å². The standard InChI is InChI=1S/C22H21ClN2O2S/c1-11-3-6-14-18(9-11)28-22-19(14)21(26)24-20(25-22)17-8-7-16(27-17)13-5-4-12(2)15(23)10-13/h4-5,7-8,10-11,20,25H,3,6,9H2,1-2H3,(H,24,26)/t11-,20+/m0/s1. The van der Waals surface area contributed by atoms with Crippen LogP contribution in [0, 0.1) is 12.8 Å². The van der Waals surface area contributed by atoms with Crippen LogP contribution in [0.3, 0.4) is 0 Å². The monoisotopic (exact) mass is 412 g/mol. The van der Waals surface area contributed by atoms with E-state index in [1.807, 2.05) is 37.3 Å². The summed E-state index contributed by atoms with van der Waals surface area (Å²) in [6.07, 6.45) is 2.83. The van der Waals surface area contributed by atoms with Crippen LogP contribution in [-0.4, -0.2) is 5.91 Å². The third-order valence-corrected chi connectivity index (χ3v) is 7.25. The van der Waals surface area contributed by atoms with Gasteiger partial charge in [-0.1, -0.05) is 30.7 Å². The zero-order valence-electron chi connectivity index (χ0n) is 15.8. The fraction of sp³-hybridized carbons (Fsp3) is 0.318. The second-order valence-corrected chi connectivity index (χ2v) is 9.29. The number of fused-ring (bicyclic) bond motifs is 3. The molecular formula is C22H21ClN2O2S. The van der Waals surface area contributed by atoms with Crippen LogP contribution in [0.25, 0.3) is 11.3 Å². The molecule has 3 aromatic rings. The van der Waals surface area contributed by atoms with Crippen molar-refractivity contribution in [3.05, 3.63) is 62.7 Å².